The minimum Gasteiger partial charge on any atom is -0.310 e. The molecule has 1 aliphatic rings. The Hall–Kier alpha value is -9.76. The first kappa shape index (κ1) is 43.8. The molecule has 0 fully saturated rings. The number of hydrogen-bond donors (Lipinski definition) is 0. The van der Waals surface area contributed by atoms with Crippen molar-refractivity contribution in [1.82, 2.24) is 0 Å². The van der Waals surface area contributed by atoms with E-state index in [1.165, 1.54) is 109 Å². The first-order chi connectivity index (χ1) is 37.7. The topological polar surface area (TPSA) is 6.48 Å². The highest BCUT2D eigenvalue weighted by Crippen LogP contribution is 2.51. The highest BCUT2D eigenvalue weighted by Gasteiger charge is 2.24. The van der Waals surface area contributed by atoms with E-state index in [0.29, 0.717) is 0 Å². The van der Waals surface area contributed by atoms with Gasteiger partial charge in [0.15, 0.2) is 0 Å². The lowest BCUT2D eigenvalue weighted by Crippen LogP contribution is -2.11. The second-order valence-corrected chi connectivity index (χ2v) is 20.4. The van der Waals surface area contributed by atoms with Crippen LogP contribution in [0.3, 0.4) is 0 Å². The van der Waals surface area contributed by atoms with Crippen molar-refractivity contribution in [2.75, 3.05) is 9.80 Å². The van der Waals surface area contributed by atoms with E-state index in [-0.39, 0.29) is 0 Å². The highest BCUT2D eigenvalue weighted by molar-refractivity contribution is 6.26. The van der Waals surface area contributed by atoms with Crippen molar-refractivity contribution in [3.63, 3.8) is 0 Å². The molecule has 15 rings (SSSR count). The number of fused-ring (bicyclic) bond motifs is 8. The van der Waals surface area contributed by atoms with Crippen LogP contribution in [0.25, 0.3) is 104 Å². The van der Waals surface area contributed by atoms with Gasteiger partial charge in [0.05, 0.1) is 0 Å². The van der Waals surface area contributed by atoms with Gasteiger partial charge < -0.3 is 9.80 Å². The Morgan fingerprint density at radius 3 is 1.09 bits per heavy atom. The van der Waals surface area contributed by atoms with Crippen LogP contribution in [0.5, 0.6) is 0 Å². The first-order valence-electron chi connectivity index (χ1n) is 26.5. The molecule has 2 heteroatoms. The Labute approximate surface area is 442 Å². The van der Waals surface area contributed by atoms with Crippen LogP contribution in [0.1, 0.15) is 17.5 Å². The van der Waals surface area contributed by atoms with E-state index < -0.39 is 0 Å². The van der Waals surface area contributed by atoms with Gasteiger partial charge in [-0.05, 0) is 194 Å². The summed E-state index contributed by atoms with van der Waals surface area (Å²) < 4.78 is 0. The van der Waals surface area contributed by atoms with E-state index in [4.69, 9.17) is 0 Å². The van der Waals surface area contributed by atoms with Gasteiger partial charge in [0.25, 0.3) is 0 Å². The molecular formula is C74H50N2. The smallest absolute Gasteiger partial charge is 0.0468 e. The number of hydrogen-bond acceptors (Lipinski definition) is 2. The van der Waals surface area contributed by atoms with Crippen molar-refractivity contribution >= 4 is 116 Å². The molecule has 14 aromatic rings. The molecule has 2 nitrogen and oxygen atoms in total. The Morgan fingerprint density at radius 1 is 0.250 bits per heavy atom. The summed E-state index contributed by atoms with van der Waals surface area (Å²) in [6.07, 6.45) is 6.65. The second kappa shape index (κ2) is 18.0. The zero-order chi connectivity index (χ0) is 50.1. The van der Waals surface area contributed by atoms with Crippen LogP contribution < -0.4 is 9.80 Å². The van der Waals surface area contributed by atoms with Crippen LogP contribution in [0.2, 0.25) is 0 Å². The van der Waals surface area contributed by atoms with Crippen LogP contribution >= 0.6 is 0 Å². The molecule has 0 amide bonds. The lowest BCUT2D eigenvalue weighted by molar-refractivity contribution is 0.984. The molecule has 76 heavy (non-hydrogen) atoms. The minimum atomic E-state index is 1.02. The van der Waals surface area contributed by atoms with Crippen LogP contribution in [0.15, 0.2) is 273 Å². The SMILES string of the molecule is C1=Cc2ccc(N(c3ccc4ccccc4c3)c3ccc4c(-c5cccc6ccccc56)c5cc(N(c6ccc7ccccc7c6)c6ccc7ccccc7c6)ccc5c(-c5cccc6ccccc56)c4c3)cc2CC1. The number of allylic oxidation sites excluding steroid dienone is 1. The lowest BCUT2D eigenvalue weighted by Gasteiger charge is -2.29. The fourth-order valence-electron chi connectivity index (χ4n) is 12.4. The van der Waals surface area contributed by atoms with Crippen LogP contribution in [0, 0.1) is 0 Å². The molecule has 0 saturated carbocycles. The Balaban J connectivity index is 1.06. The van der Waals surface area contributed by atoms with Gasteiger partial charge >= 0.3 is 0 Å². The number of rotatable bonds is 8. The maximum Gasteiger partial charge on any atom is 0.0468 e. The average Bonchev–Trinajstić information content (AvgIpc) is 3.48. The maximum absolute atomic E-state index is 2.49. The highest BCUT2D eigenvalue weighted by atomic mass is 15.1. The third kappa shape index (κ3) is 7.41. The van der Waals surface area contributed by atoms with E-state index in [0.717, 1.165) is 47.0 Å². The second-order valence-electron chi connectivity index (χ2n) is 20.4. The Bertz CT molecular complexity index is 4590. The summed E-state index contributed by atoms with van der Waals surface area (Å²) in [5.74, 6) is 0. The molecule has 0 atom stereocenters. The third-order valence-electron chi connectivity index (χ3n) is 16.0. The summed E-state index contributed by atoms with van der Waals surface area (Å²) in [5, 5.41) is 16.9. The van der Waals surface area contributed by atoms with Crippen molar-refractivity contribution in [3.05, 3.63) is 284 Å². The van der Waals surface area contributed by atoms with Crippen molar-refractivity contribution in [3.8, 4) is 22.3 Å². The number of anilines is 6. The van der Waals surface area contributed by atoms with Crippen molar-refractivity contribution in [1.29, 1.82) is 0 Å². The zero-order valence-electron chi connectivity index (χ0n) is 41.9. The van der Waals surface area contributed by atoms with Gasteiger partial charge in [-0.25, -0.2) is 0 Å². The van der Waals surface area contributed by atoms with Gasteiger partial charge in [-0.15, -0.1) is 0 Å². The van der Waals surface area contributed by atoms with Gasteiger partial charge in [0.2, 0.25) is 0 Å². The molecule has 0 aromatic heterocycles. The third-order valence-corrected chi connectivity index (χ3v) is 16.0. The molecule has 0 aliphatic heterocycles. The fourth-order valence-corrected chi connectivity index (χ4v) is 12.4. The molecule has 14 aromatic carbocycles. The van der Waals surface area contributed by atoms with E-state index in [1.54, 1.807) is 0 Å². The lowest BCUT2D eigenvalue weighted by atomic mass is 9.83. The largest absolute Gasteiger partial charge is 0.310 e. The Morgan fingerprint density at radius 2 is 0.618 bits per heavy atom. The van der Waals surface area contributed by atoms with Gasteiger partial charge in [-0.2, -0.15) is 0 Å². The summed E-state index contributed by atoms with van der Waals surface area (Å²) in [6, 6.07) is 99.6. The van der Waals surface area contributed by atoms with Gasteiger partial charge in [-0.3, -0.25) is 0 Å². The molecule has 0 saturated heterocycles. The fraction of sp³-hybridized carbons (Fsp3) is 0.0270. The molecular weight excluding hydrogens is 917 g/mol. The van der Waals surface area contributed by atoms with Gasteiger partial charge in [0, 0.05) is 34.1 Å². The van der Waals surface area contributed by atoms with E-state index >= 15 is 0 Å². The van der Waals surface area contributed by atoms with Gasteiger partial charge in [-0.1, -0.05) is 206 Å². The standard InChI is InChI=1S/C74H50N2/c1-5-21-55-43-59(35-31-49(55)15-1)75(60-36-32-50-16-2-6-22-56(50)44-60)63-39-41-69-71(47-63)73(67-29-13-25-53-19-9-11-27-65(53)67)70-42-40-64(48-72(70)74(69)68-30-14-26-54-20-10-12-28-66(54)68)76(61-37-33-51-17-3-7-23-57(51)45-61)62-38-34-52-18-4-8-24-58(52)46-62/h1-7,9-23,25-48H,8,24H2. The normalized spacial score (nSPS) is 12.3. The van der Waals surface area contributed by atoms with Crippen molar-refractivity contribution in [2.24, 2.45) is 0 Å². The van der Waals surface area contributed by atoms with E-state index in [1.807, 2.05) is 0 Å². The van der Waals surface area contributed by atoms with E-state index in [9.17, 15) is 0 Å². The van der Waals surface area contributed by atoms with E-state index in [2.05, 4.69) is 289 Å². The summed E-state index contributed by atoms with van der Waals surface area (Å²) in [4.78, 5) is 4.93. The monoisotopic (exact) mass is 966 g/mol. The predicted molar refractivity (Wildman–Crippen MR) is 327 cm³/mol. The summed E-state index contributed by atoms with van der Waals surface area (Å²) in [7, 11) is 0. The molecule has 356 valence electrons. The summed E-state index contributed by atoms with van der Waals surface area (Å²) in [6.45, 7) is 0. The quantitative estimate of drug-likeness (QED) is 0.140. The number of benzene rings is 14. The molecule has 0 N–H and O–H groups in total. The number of nitrogens with zero attached hydrogens (tertiary/aromatic N) is 2. The summed E-state index contributed by atoms with van der Waals surface area (Å²) in [5.41, 5.74) is 14.2. The van der Waals surface area contributed by atoms with Gasteiger partial charge in [0.1, 0.15) is 0 Å². The maximum atomic E-state index is 2.49. The zero-order valence-corrected chi connectivity index (χ0v) is 41.9. The molecule has 0 unspecified atom stereocenters. The predicted octanol–water partition coefficient (Wildman–Crippen LogP) is 21.0. The van der Waals surface area contributed by atoms with Crippen molar-refractivity contribution < 1.29 is 0 Å². The molecule has 0 heterocycles. The Kier molecular flexibility index (Phi) is 10.4. The minimum absolute atomic E-state index is 1.02. The average molecular weight is 967 g/mol. The molecule has 0 spiro atoms. The van der Waals surface area contributed by atoms with Crippen LogP contribution in [0.4, 0.5) is 34.1 Å². The molecule has 0 radical (unpaired) electrons. The number of aryl methyl sites for hydroxylation is 1. The van der Waals surface area contributed by atoms with Crippen LogP contribution in [-0.2, 0) is 6.42 Å². The summed E-state index contributed by atoms with van der Waals surface area (Å²) >= 11 is 0. The molecule has 0 bridgehead atoms. The molecule has 1 aliphatic carbocycles. The van der Waals surface area contributed by atoms with Crippen molar-refractivity contribution in [2.45, 2.75) is 12.8 Å². The van der Waals surface area contributed by atoms with Crippen LogP contribution in [-0.4, -0.2) is 0 Å². The first-order valence-corrected chi connectivity index (χ1v) is 26.5.